The molecule has 6 nitrogen and oxygen atoms in total. The first-order valence-electron chi connectivity index (χ1n) is 10.5. The maximum absolute atomic E-state index is 13.0. The molecule has 2 saturated heterocycles. The lowest BCUT2D eigenvalue weighted by molar-refractivity contribution is -0.147. The molecule has 3 atom stereocenters. The predicted molar refractivity (Wildman–Crippen MR) is 117 cm³/mol. The number of hydrogen-bond acceptors (Lipinski definition) is 3. The molecule has 2 aliphatic rings. The fourth-order valence-corrected chi connectivity index (χ4v) is 4.55. The maximum Gasteiger partial charge on any atom is 0.251 e. The molecule has 2 N–H and O–H groups in total. The zero-order valence-corrected chi connectivity index (χ0v) is 17.0. The highest BCUT2D eigenvalue weighted by Gasteiger charge is 2.46. The van der Waals surface area contributed by atoms with E-state index < -0.39 is 12.1 Å². The molecule has 2 aliphatic heterocycles. The van der Waals surface area contributed by atoms with Gasteiger partial charge in [-0.15, -0.1) is 0 Å². The summed E-state index contributed by atoms with van der Waals surface area (Å²) in [6.45, 7) is 0.349. The molecule has 0 radical (unpaired) electrons. The molecule has 0 bridgehead atoms. The van der Waals surface area contributed by atoms with Gasteiger partial charge in [0.2, 0.25) is 11.8 Å². The molecule has 0 saturated carbocycles. The lowest BCUT2D eigenvalue weighted by Gasteiger charge is -2.34. The quantitative estimate of drug-likeness (QED) is 0.689. The summed E-state index contributed by atoms with van der Waals surface area (Å²) in [5.41, 5.74) is 1.57. The summed E-state index contributed by atoms with van der Waals surface area (Å²) in [6, 6.07) is 21.8. The zero-order chi connectivity index (χ0) is 21.4. The average Bonchev–Trinajstić information content (AvgIpc) is 3.22. The molecule has 3 aromatic rings. The molecular formula is C25H23N3O3. The Kier molecular flexibility index (Phi) is 4.90. The van der Waals surface area contributed by atoms with E-state index in [2.05, 4.69) is 10.6 Å². The Labute approximate surface area is 180 Å². The van der Waals surface area contributed by atoms with E-state index in [1.54, 1.807) is 11.0 Å². The second kappa shape index (κ2) is 7.87. The van der Waals surface area contributed by atoms with Crippen molar-refractivity contribution in [2.75, 3.05) is 6.54 Å². The van der Waals surface area contributed by atoms with Gasteiger partial charge in [0.05, 0.1) is 0 Å². The monoisotopic (exact) mass is 413 g/mol. The number of rotatable bonds is 4. The van der Waals surface area contributed by atoms with Crippen molar-refractivity contribution in [1.29, 1.82) is 0 Å². The normalized spacial score (nSPS) is 22.8. The molecule has 2 fully saturated rings. The third-order valence-corrected chi connectivity index (χ3v) is 6.13. The van der Waals surface area contributed by atoms with Crippen LogP contribution in [-0.4, -0.2) is 47.3 Å². The molecule has 156 valence electrons. The van der Waals surface area contributed by atoms with E-state index in [0.29, 0.717) is 24.9 Å². The number of carbonyl (C=O) groups is 3. The van der Waals surface area contributed by atoms with Crippen molar-refractivity contribution >= 4 is 28.5 Å². The number of fused-ring (bicyclic) bond motifs is 2. The van der Waals surface area contributed by atoms with Crippen molar-refractivity contribution in [2.24, 2.45) is 0 Å². The van der Waals surface area contributed by atoms with Crippen LogP contribution in [0.3, 0.4) is 0 Å². The Morgan fingerprint density at radius 1 is 0.968 bits per heavy atom. The first-order valence-corrected chi connectivity index (χ1v) is 10.5. The minimum atomic E-state index is -0.568. The number of nitrogens with zero attached hydrogens (tertiary/aromatic N) is 1. The van der Waals surface area contributed by atoms with Crippen molar-refractivity contribution in [3.63, 3.8) is 0 Å². The third-order valence-electron chi connectivity index (χ3n) is 6.13. The second-order valence-corrected chi connectivity index (χ2v) is 8.23. The lowest BCUT2D eigenvalue weighted by Crippen LogP contribution is -2.61. The molecule has 0 unspecified atom stereocenters. The van der Waals surface area contributed by atoms with Gasteiger partial charge in [-0.1, -0.05) is 60.7 Å². The van der Waals surface area contributed by atoms with Crippen LogP contribution in [0, 0.1) is 0 Å². The van der Waals surface area contributed by atoms with Crippen LogP contribution in [0.15, 0.2) is 72.8 Å². The molecule has 5 rings (SSSR count). The van der Waals surface area contributed by atoms with Crippen LogP contribution in [0.5, 0.6) is 0 Å². The van der Waals surface area contributed by atoms with Gasteiger partial charge in [0, 0.05) is 24.6 Å². The van der Waals surface area contributed by atoms with E-state index in [0.717, 1.165) is 16.3 Å². The number of carbonyl (C=O) groups excluding carboxylic acids is 3. The van der Waals surface area contributed by atoms with Crippen LogP contribution in [0.1, 0.15) is 22.3 Å². The van der Waals surface area contributed by atoms with E-state index in [4.69, 9.17) is 0 Å². The number of hydrogen-bond donors (Lipinski definition) is 2. The summed E-state index contributed by atoms with van der Waals surface area (Å²) in [5, 5.41) is 7.95. The van der Waals surface area contributed by atoms with E-state index in [9.17, 15) is 14.4 Å². The number of benzene rings is 3. The largest absolute Gasteiger partial charge is 0.347 e. The van der Waals surface area contributed by atoms with Crippen LogP contribution < -0.4 is 10.6 Å². The van der Waals surface area contributed by atoms with E-state index in [1.807, 2.05) is 66.7 Å². The third kappa shape index (κ3) is 3.77. The van der Waals surface area contributed by atoms with Crippen molar-refractivity contribution in [3.8, 4) is 0 Å². The van der Waals surface area contributed by atoms with Gasteiger partial charge in [-0.2, -0.15) is 0 Å². The van der Waals surface area contributed by atoms with Gasteiger partial charge >= 0.3 is 0 Å². The molecule has 0 spiro atoms. The van der Waals surface area contributed by atoms with Crippen LogP contribution >= 0.6 is 0 Å². The second-order valence-electron chi connectivity index (χ2n) is 8.23. The summed E-state index contributed by atoms with van der Waals surface area (Å²) < 4.78 is 0. The van der Waals surface area contributed by atoms with E-state index in [1.165, 1.54) is 0 Å². The summed E-state index contributed by atoms with van der Waals surface area (Å²) in [7, 11) is 0. The zero-order valence-electron chi connectivity index (χ0n) is 17.0. The molecule has 3 aromatic carbocycles. The molecule has 0 aromatic heterocycles. The van der Waals surface area contributed by atoms with Crippen molar-refractivity contribution in [1.82, 2.24) is 15.5 Å². The fraction of sp³-hybridized carbons (Fsp3) is 0.240. The summed E-state index contributed by atoms with van der Waals surface area (Å²) in [6.07, 6.45) is 0.887. The first-order chi connectivity index (χ1) is 15.1. The Balaban J connectivity index is 1.27. The van der Waals surface area contributed by atoms with E-state index >= 15 is 0 Å². The molecule has 31 heavy (non-hydrogen) atoms. The lowest BCUT2D eigenvalue weighted by atomic mass is 10.0. The van der Waals surface area contributed by atoms with Crippen LogP contribution in [0.4, 0.5) is 0 Å². The van der Waals surface area contributed by atoms with Gasteiger partial charge in [-0.25, -0.2) is 0 Å². The standard InChI is InChI=1S/C25H23N3O3/c29-23(19-11-10-17-8-4-5-9-18(17)13-19)26-20-14-22-24(30)27-21(25(31)28(22)15-20)12-16-6-2-1-3-7-16/h1-11,13,20-22H,12,14-15H2,(H,26,29)(H,27,30)/t20-,21-,22-/m0/s1. The highest BCUT2D eigenvalue weighted by atomic mass is 16.2. The topological polar surface area (TPSA) is 78.5 Å². The van der Waals surface area contributed by atoms with Gasteiger partial charge in [-0.05, 0) is 34.9 Å². The van der Waals surface area contributed by atoms with Gasteiger partial charge in [0.15, 0.2) is 0 Å². The Hall–Kier alpha value is -3.67. The molecule has 0 aliphatic carbocycles. The highest BCUT2D eigenvalue weighted by Crippen LogP contribution is 2.24. The fourth-order valence-electron chi connectivity index (χ4n) is 4.55. The maximum atomic E-state index is 13.0. The Morgan fingerprint density at radius 2 is 1.71 bits per heavy atom. The predicted octanol–water partition coefficient (Wildman–Crippen LogP) is 2.28. The van der Waals surface area contributed by atoms with Gasteiger partial charge in [0.1, 0.15) is 12.1 Å². The highest BCUT2D eigenvalue weighted by molar-refractivity contribution is 6.00. The van der Waals surface area contributed by atoms with Crippen LogP contribution in [-0.2, 0) is 16.0 Å². The average molecular weight is 413 g/mol. The molecule has 6 heteroatoms. The van der Waals surface area contributed by atoms with Crippen molar-refractivity contribution < 1.29 is 14.4 Å². The summed E-state index contributed by atoms with van der Waals surface area (Å²) in [5.74, 6) is -0.428. The first kappa shape index (κ1) is 19.3. The molecular weight excluding hydrogens is 390 g/mol. The number of nitrogens with one attached hydrogen (secondary N) is 2. The molecule has 2 heterocycles. The molecule has 3 amide bonds. The Morgan fingerprint density at radius 3 is 2.52 bits per heavy atom. The van der Waals surface area contributed by atoms with Gasteiger partial charge in [-0.3, -0.25) is 14.4 Å². The Bertz CT molecular complexity index is 1160. The van der Waals surface area contributed by atoms with Crippen molar-refractivity contribution in [3.05, 3.63) is 83.9 Å². The van der Waals surface area contributed by atoms with E-state index in [-0.39, 0.29) is 23.8 Å². The number of piperazine rings is 1. The van der Waals surface area contributed by atoms with Gasteiger partial charge < -0.3 is 15.5 Å². The minimum absolute atomic E-state index is 0.0871. The van der Waals surface area contributed by atoms with Crippen LogP contribution in [0.2, 0.25) is 0 Å². The summed E-state index contributed by atoms with van der Waals surface area (Å²) in [4.78, 5) is 40.1. The van der Waals surface area contributed by atoms with Gasteiger partial charge in [0.25, 0.3) is 5.91 Å². The van der Waals surface area contributed by atoms with Crippen molar-refractivity contribution in [2.45, 2.75) is 31.0 Å². The summed E-state index contributed by atoms with van der Waals surface area (Å²) >= 11 is 0. The SMILES string of the molecule is O=C(N[C@H]1C[C@H]2C(=O)N[C@@H](Cc3ccccc3)C(=O)N2C1)c1ccc2ccccc2c1. The minimum Gasteiger partial charge on any atom is -0.347 e. The van der Waals surface area contributed by atoms with Crippen LogP contribution in [0.25, 0.3) is 10.8 Å². The smallest absolute Gasteiger partial charge is 0.251 e. The number of amides is 3.